The smallest absolute Gasteiger partial charge is 0.409 e. The molecule has 29 heavy (non-hydrogen) atoms. The molecule has 3 rings (SSSR count). The number of rotatable bonds is 7. The number of aromatic nitrogens is 2. The molecule has 1 aliphatic rings. The number of imidazole rings is 1. The summed E-state index contributed by atoms with van der Waals surface area (Å²) in [6, 6.07) is 10.1. The van der Waals surface area contributed by atoms with Crippen LogP contribution < -0.4 is 10.6 Å². The molecule has 0 unspecified atom stereocenters. The molecule has 0 spiro atoms. The van der Waals surface area contributed by atoms with Gasteiger partial charge in [-0.05, 0) is 25.3 Å². The first-order valence-electron chi connectivity index (χ1n) is 10.2. The molecule has 0 aliphatic carbocycles. The molecule has 8 heteroatoms. The molecule has 0 radical (unpaired) electrons. The number of ether oxygens (including phenoxy) is 1. The number of urea groups is 1. The second kappa shape index (κ2) is 10.5. The molecule has 1 saturated heterocycles. The van der Waals surface area contributed by atoms with E-state index in [1.807, 2.05) is 24.4 Å². The summed E-state index contributed by atoms with van der Waals surface area (Å²) in [5, 5.41) is 5.89. The Balaban J connectivity index is 1.37. The topological polar surface area (TPSA) is 88.5 Å². The van der Waals surface area contributed by atoms with Gasteiger partial charge in [-0.25, -0.2) is 14.6 Å². The van der Waals surface area contributed by atoms with E-state index in [0.29, 0.717) is 32.7 Å². The lowest BCUT2D eigenvalue weighted by Crippen LogP contribution is -2.49. The maximum absolute atomic E-state index is 12.2. The third-order valence-corrected chi connectivity index (χ3v) is 4.99. The van der Waals surface area contributed by atoms with E-state index in [9.17, 15) is 9.59 Å². The first-order chi connectivity index (χ1) is 14.2. The summed E-state index contributed by atoms with van der Waals surface area (Å²) in [5.74, 6) is 0.942. The molecule has 2 heterocycles. The minimum atomic E-state index is -0.276. The van der Waals surface area contributed by atoms with Crippen LogP contribution in [0.2, 0.25) is 0 Å². The predicted molar refractivity (Wildman–Crippen MR) is 110 cm³/mol. The molecular formula is C21H29N5O3. The molecule has 1 aliphatic heterocycles. The van der Waals surface area contributed by atoms with Crippen LogP contribution in [0.4, 0.5) is 9.59 Å². The number of nitrogens with zero attached hydrogens (tertiary/aromatic N) is 3. The first-order valence-corrected chi connectivity index (χ1v) is 10.2. The summed E-state index contributed by atoms with van der Waals surface area (Å²) in [5.41, 5.74) is 1.21. The summed E-state index contributed by atoms with van der Waals surface area (Å²) >= 11 is 0. The number of likely N-dealkylation sites (tertiary alicyclic amines) is 1. The summed E-state index contributed by atoms with van der Waals surface area (Å²) < 4.78 is 7.11. The minimum Gasteiger partial charge on any atom is -0.450 e. The number of hydrogen-bond donors (Lipinski definition) is 2. The lowest BCUT2D eigenvalue weighted by Gasteiger charge is -2.31. The molecular weight excluding hydrogens is 370 g/mol. The van der Waals surface area contributed by atoms with Crippen LogP contribution in [0.1, 0.15) is 31.2 Å². The second-order valence-corrected chi connectivity index (χ2v) is 7.07. The molecule has 156 valence electrons. The molecule has 1 aromatic heterocycles. The number of carbonyl (C=O) groups is 2. The Hall–Kier alpha value is -3.03. The SMILES string of the molecule is CCOC(=O)N1CCC(NC(=O)NCCc2nccn2Cc2ccccc2)CC1. The van der Waals surface area contributed by atoms with Crippen molar-refractivity contribution < 1.29 is 14.3 Å². The van der Waals surface area contributed by atoms with E-state index >= 15 is 0 Å². The van der Waals surface area contributed by atoms with Crippen molar-refractivity contribution in [1.82, 2.24) is 25.1 Å². The van der Waals surface area contributed by atoms with Gasteiger partial charge in [0.15, 0.2) is 0 Å². The zero-order valence-corrected chi connectivity index (χ0v) is 16.8. The lowest BCUT2D eigenvalue weighted by atomic mass is 10.1. The molecule has 0 atom stereocenters. The molecule has 1 fully saturated rings. The highest BCUT2D eigenvalue weighted by molar-refractivity contribution is 5.74. The molecule has 0 saturated carbocycles. The summed E-state index contributed by atoms with van der Waals surface area (Å²) in [6.07, 6.45) is 5.59. The van der Waals surface area contributed by atoms with Crippen LogP contribution in [0.25, 0.3) is 0 Å². The highest BCUT2D eigenvalue weighted by atomic mass is 16.6. The molecule has 8 nitrogen and oxygen atoms in total. The van der Waals surface area contributed by atoms with Crippen molar-refractivity contribution in [2.45, 2.75) is 38.8 Å². The number of benzene rings is 1. The Morgan fingerprint density at radius 2 is 1.97 bits per heavy atom. The van der Waals surface area contributed by atoms with Gasteiger partial charge in [-0.2, -0.15) is 0 Å². The number of hydrogen-bond acceptors (Lipinski definition) is 4. The lowest BCUT2D eigenvalue weighted by molar-refractivity contribution is 0.0957. The Kier molecular flexibility index (Phi) is 7.49. The maximum atomic E-state index is 12.2. The minimum absolute atomic E-state index is 0.0701. The number of nitrogens with one attached hydrogen (secondary N) is 2. The van der Waals surface area contributed by atoms with E-state index in [2.05, 4.69) is 32.3 Å². The second-order valence-electron chi connectivity index (χ2n) is 7.07. The summed E-state index contributed by atoms with van der Waals surface area (Å²) in [7, 11) is 0. The van der Waals surface area contributed by atoms with E-state index < -0.39 is 0 Å². The van der Waals surface area contributed by atoms with Crippen LogP contribution in [0.5, 0.6) is 0 Å². The number of carbonyl (C=O) groups excluding carboxylic acids is 2. The molecule has 0 bridgehead atoms. The van der Waals surface area contributed by atoms with E-state index in [-0.39, 0.29) is 18.2 Å². The van der Waals surface area contributed by atoms with Crippen LogP contribution in [0.15, 0.2) is 42.7 Å². The number of amides is 3. The van der Waals surface area contributed by atoms with Gasteiger partial charge in [0, 0.05) is 51.0 Å². The van der Waals surface area contributed by atoms with Crippen molar-refractivity contribution in [3.05, 3.63) is 54.1 Å². The summed E-state index contributed by atoms with van der Waals surface area (Å²) in [4.78, 5) is 30.0. The van der Waals surface area contributed by atoms with Gasteiger partial charge in [-0.3, -0.25) is 0 Å². The Bertz CT molecular complexity index is 785. The quantitative estimate of drug-likeness (QED) is 0.748. The van der Waals surface area contributed by atoms with E-state index in [1.54, 1.807) is 18.0 Å². The van der Waals surface area contributed by atoms with Crippen LogP contribution in [-0.2, 0) is 17.7 Å². The number of piperidine rings is 1. The molecule has 2 N–H and O–H groups in total. The van der Waals surface area contributed by atoms with Crippen LogP contribution in [0.3, 0.4) is 0 Å². The van der Waals surface area contributed by atoms with Gasteiger partial charge in [0.25, 0.3) is 0 Å². The fourth-order valence-corrected chi connectivity index (χ4v) is 3.44. The Morgan fingerprint density at radius 3 is 2.69 bits per heavy atom. The zero-order valence-electron chi connectivity index (χ0n) is 16.8. The third-order valence-electron chi connectivity index (χ3n) is 4.99. The van der Waals surface area contributed by atoms with Crippen molar-refractivity contribution in [2.75, 3.05) is 26.2 Å². The predicted octanol–water partition coefficient (Wildman–Crippen LogP) is 2.39. The highest BCUT2D eigenvalue weighted by Gasteiger charge is 2.24. The fraction of sp³-hybridized carbons (Fsp3) is 0.476. The average Bonchev–Trinajstić information content (AvgIpc) is 3.16. The molecule has 1 aromatic carbocycles. The first kappa shape index (κ1) is 20.7. The van der Waals surface area contributed by atoms with Gasteiger partial charge in [-0.1, -0.05) is 30.3 Å². The van der Waals surface area contributed by atoms with Crippen LogP contribution in [-0.4, -0.2) is 58.9 Å². The molecule has 3 amide bonds. The van der Waals surface area contributed by atoms with Gasteiger partial charge >= 0.3 is 12.1 Å². The van der Waals surface area contributed by atoms with Crippen LogP contribution >= 0.6 is 0 Å². The molecule has 2 aromatic rings. The summed E-state index contributed by atoms with van der Waals surface area (Å²) in [6.45, 7) is 4.65. The van der Waals surface area contributed by atoms with Crippen LogP contribution in [0, 0.1) is 0 Å². The Labute approximate surface area is 171 Å². The van der Waals surface area contributed by atoms with Crippen molar-refractivity contribution >= 4 is 12.1 Å². The maximum Gasteiger partial charge on any atom is 0.409 e. The van der Waals surface area contributed by atoms with Gasteiger partial charge in [0.1, 0.15) is 5.82 Å². The van der Waals surface area contributed by atoms with E-state index in [4.69, 9.17) is 4.74 Å². The standard InChI is InChI=1S/C21H29N5O3/c1-2-29-21(28)25-13-9-18(10-14-25)24-20(27)23-11-8-19-22-12-15-26(19)16-17-6-4-3-5-7-17/h3-7,12,15,18H,2,8-11,13-14,16H2,1H3,(H2,23,24,27). The van der Waals surface area contributed by atoms with Crippen molar-refractivity contribution in [1.29, 1.82) is 0 Å². The van der Waals surface area contributed by atoms with Gasteiger partial charge in [0.05, 0.1) is 6.61 Å². The van der Waals surface area contributed by atoms with Crippen molar-refractivity contribution in [2.24, 2.45) is 0 Å². The third kappa shape index (κ3) is 6.23. The normalized spacial score (nSPS) is 14.4. The van der Waals surface area contributed by atoms with Crippen molar-refractivity contribution in [3.63, 3.8) is 0 Å². The van der Waals surface area contributed by atoms with Gasteiger partial charge in [0.2, 0.25) is 0 Å². The van der Waals surface area contributed by atoms with E-state index in [1.165, 1.54) is 5.56 Å². The Morgan fingerprint density at radius 1 is 1.21 bits per heavy atom. The van der Waals surface area contributed by atoms with Gasteiger partial charge < -0.3 is 24.8 Å². The fourth-order valence-electron chi connectivity index (χ4n) is 3.44. The zero-order chi connectivity index (χ0) is 20.5. The highest BCUT2D eigenvalue weighted by Crippen LogP contribution is 2.11. The largest absolute Gasteiger partial charge is 0.450 e. The monoisotopic (exact) mass is 399 g/mol. The van der Waals surface area contributed by atoms with Crippen molar-refractivity contribution in [3.8, 4) is 0 Å². The van der Waals surface area contributed by atoms with E-state index in [0.717, 1.165) is 25.2 Å². The van der Waals surface area contributed by atoms with Gasteiger partial charge in [-0.15, -0.1) is 0 Å². The average molecular weight is 399 g/mol.